The number of amides is 2. The maximum Gasteiger partial charge on any atom is 0.231 e. The molecular weight excluding hydrogens is 394 g/mol. The van der Waals surface area contributed by atoms with Crippen LogP contribution in [0.3, 0.4) is 0 Å². The topological polar surface area (TPSA) is 101 Å². The first-order chi connectivity index (χ1) is 14.7. The summed E-state index contributed by atoms with van der Waals surface area (Å²) in [7, 11) is 0. The molecule has 1 saturated heterocycles. The number of imide groups is 1. The number of aryl methyl sites for hydroxylation is 2. The molecule has 1 heterocycles. The Morgan fingerprint density at radius 2 is 1.65 bits per heavy atom. The van der Waals surface area contributed by atoms with Gasteiger partial charge in [-0.25, -0.2) is 0 Å². The standard InChI is InChI=1S/C25H23NO5/c1-10-6-13(7-11(2)22(10)28)19-14-4-5-15-20(25(31)26-24(15)30)16(14)9-17-21(19)18(27)8-12(3)23(17)29/h4,6-8,15-16,19-20,28H,5,9H2,1-3H3,(H,26,30,31)/t15-,16+,19-,20-/m0/s1. The quantitative estimate of drug-likeness (QED) is 0.416. The molecule has 6 heteroatoms. The summed E-state index contributed by atoms with van der Waals surface area (Å²) in [6.45, 7) is 5.23. The van der Waals surface area contributed by atoms with Crippen LogP contribution in [-0.4, -0.2) is 28.5 Å². The van der Waals surface area contributed by atoms with Gasteiger partial charge in [0.2, 0.25) is 11.8 Å². The smallest absolute Gasteiger partial charge is 0.231 e. The van der Waals surface area contributed by atoms with Crippen molar-refractivity contribution in [2.75, 3.05) is 0 Å². The van der Waals surface area contributed by atoms with Gasteiger partial charge in [-0.15, -0.1) is 0 Å². The predicted molar refractivity (Wildman–Crippen MR) is 112 cm³/mol. The van der Waals surface area contributed by atoms with Gasteiger partial charge in [-0.3, -0.25) is 24.5 Å². The fraction of sp³-hybridized carbons (Fsp3) is 0.360. The number of phenols is 1. The molecule has 0 aromatic heterocycles. The van der Waals surface area contributed by atoms with Crippen molar-refractivity contribution in [3.8, 4) is 5.75 Å². The summed E-state index contributed by atoms with van der Waals surface area (Å²) in [6, 6.07) is 3.69. The zero-order chi connectivity index (χ0) is 22.2. The molecule has 4 aliphatic rings. The molecule has 158 valence electrons. The summed E-state index contributed by atoms with van der Waals surface area (Å²) in [6.07, 6.45) is 4.09. The Morgan fingerprint density at radius 3 is 2.32 bits per heavy atom. The summed E-state index contributed by atoms with van der Waals surface area (Å²) in [4.78, 5) is 51.2. The zero-order valence-corrected chi connectivity index (χ0v) is 17.6. The minimum Gasteiger partial charge on any atom is -0.507 e. The van der Waals surface area contributed by atoms with Gasteiger partial charge in [0.15, 0.2) is 11.6 Å². The van der Waals surface area contributed by atoms with Crippen LogP contribution in [0.4, 0.5) is 0 Å². The minimum atomic E-state index is -0.530. The molecule has 2 amide bonds. The first kappa shape index (κ1) is 19.7. The second-order valence-electron chi connectivity index (χ2n) is 9.09. The van der Waals surface area contributed by atoms with E-state index in [9.17, 15) is 24.3 Å². The fourth-order valence-electron chi connectivity index (χ4n) is 5.83. The molecule has 1 aliphatic heterocycles. The largest absolute Gasteiger partial charge is 0.507 e. The van der Waals surface area contributed by atoms with Gasteiger partial charge < -0.3 is 5.11 Å². The molecule has 0 radical (unpaired) electrons. The van der Waals surface area contributed by atoms with Gasteiger partial charge in [-0.2, -0.15) is 0 Å². The second kappa shape index (κ2) is 6.61. The number of phenolic OH excluding ortho intramolecular Hbond substituents is 1. The lowest BCUT2D eigenvalue weighted by Gasteiger charge is -2.42. The van der Waals surface area contributed by atoms with Crippen molar-refractivity contribution in [2.45, 2.75) is 39.5 Å². The average Bonchev–Trinajstić information content (AvgIpc) is 3.02. The second-order valence-corrected chi connectivity index (χ2v) is 9.09. The Hall–Kier alpha value is -3.28. The Balaban J connectivity index is 1.74. The lowest BCUT2D eigenvalue weighted by atomic mass is 9.59. The molecule has 2 N–H and O–H groups in total. The molecule has 31 heavy (non-hydrogen) atoms. The third-order valence-electron chi connectivity index (χ3n) is 7.25. The molecule has 1 aromatic rings. The number of hydrogen-bond acceptors (Lipinski definition) is 5. The van der Waals surface area contributed by atoms with Crippen molar-refractivity contribution in [1.82, 2.24) is 5.32 Å². The highest BCUT2D eigenvalue weighted by atomic mass is 16.3. The van der Waals surface area contributed by atoms with E-state index in [2.05, 4.69) is 5.32 Å². The fourth-order valence-corrected chi connectivity index (χ4v) is 5.83. The number of ketones is 2. The van der Waals surface area contributed by atoms with Crippen LogP contribution in [0.1, 0.15) is 42.4 Å². The van der Waals surface area contributed by atoms with Crippen LogP contribution in [-0.2, 0) is 19.2 Å². The predicted octanol–water partition coefficient (Wildman–Crippen LogP) is 2.73. The third-order valence-corrected chi connectivity index (χ3v) is 7.25. The summed E-state index contributed by atoms with van der Waals surface area (Å²) >= 11 is 0. The Labute approximate surface area is 179 Å². The van der Waals surface area contributed by atoms with Crippen LogP contribution >= 0.6 is 0 Å². The van der Waals surface area contributed by atoms with E-state index in [1.54, 1.807) is 20.8 Å². The molecule has 1 aromatic carbocycles. The van der Waals surface area contributed by atoms with Crippen LogP contribution in [0.25, 0.3) is 0 Å². The number of benzene rings is 1. The van der Waals surface area contributed by atoms with Crippen molar-refractivity contribution < 1.29 is 24.3 Å². The van der Waals surface area contributed by atoms with E-state index in [0.29, 0.717) is 34.3 Å². The van der Waals surface area contributed by atoms with E-state index in [1.165, 1.54) is 6.08 Å². The Morgan fingerprint density at radius 1 is 0.968 bits per heavy atom. The molecule has 4 atom stereocenters. The maximum absolute atomic E-state index is 13.1. The zero-order valence-electron chi connectivity index (χ0n) is 17.6. The van der Waals surface area contributed by atoms with Crippen LogP contribution in [0, 0.1) is 31.6 Å². The van der Waals surface area contributed by atoms with E-state index >= 15 is 0 Å². The molecule has 0 spiro atoms. The van der Waals surface area contributed by atoms with Crippen molar-refractivity contribution in [2.24, 2.45) is 17.8 Å². The highest BCUT2D eigenvalue weighted by Gasteiger charge is 2.53. The molecule has 5 rings (SSSR count). The van der Waals surface area contributed by atoms with Gasteiger partial charge in [0.05, 0.1) is 11.8 Å². The minimum absolute atomic E-state index is 0.169. The molecule has 0 bridgehead atoms. The number of Topliss-reactive ketones (excluding diaryl/α,β-unsaturated/α-hetero) is 1. The van der Waals surface area contributed by atoms with Crippen LogP contribution in [0.2, 0.25) is 0 Å². The highest BCUT2D eigenvalue weighted by Crippen LogP contribution is 2.54. The van der Waals surface area contributed by atoms with Gasteiger partial charge >= 0.3 is 0 Å². The number of hydrogen-bond donors (Lipinski definition) is 2. The third kappa shape index (κ3) is 2.70. The van der Waals surface area contributed by atoms with E-state index in [4.69, 9.17) is 0 Å². The SMILES string of the molecule is CC1=CC(=O)C2=C(C[C@@H]3C(=CC[C@@H]4C(=O)NC(=O)[C@@H]43)[C@@H]2c2cc(C)c(O)c(C)c2)C1=O. The van der Waals surface area contributed by atoms with Crippen LogP contribution in [0.5, 0.6) is 5.75 Å². The van der Waals surface area contributed by atoms with E-state index < -0.39 is 17.8 Å². The van der Waals surface area contributed by atoms with E-state index in [1.807, 2.05) is 18.2 Å². The van der Waals surface area contributed by atoms with Crippen molar-refractivity contribution >= 4 is 23.4 Å². The van der Waals surface area contributed by atoms with Crippen LogP contribution in [0.15, 0.2) is 46.6 Å². The van der Waals surface area contributed by atoms with Gasteiger partial charge in [0, 0.05) is 22.6 Å². The van der Waals surface area contributed by atoms with Crippen molar-refractivity contribution in [3.63, 3.8) is 0 Å². The number of carbonyl (C=O) groups is 4. The lowest BCUT2D eigenvalue weighted by Crippen LogP contribution is -2.39. The molecular formula is C25H23NO5. The van der Waals surface area contributed by atoms with Gasteiger partial charge in [0.25, 0.3) is 0 Å². The first-order valence-electron chi connectivity index (χ1n) is 10.5. The highest BCUT2D eigenvalue weighted by molar-refractivity contribution is 6.23. The number of nitrogens with one attached hydrogen (secondary N) is 1. The van der Waals surface area contributed by atoms with Gasteiger partial charge in [0.1, 0.15) is 5.75 Å². The summed E-state index contributed by atoms with van der Waals surface area (Å²) in [5.41, 5.74) is 4.41. The number of rotatable bonds is 1. The number of aromatic hydroxyl groups is 1. The van der Waals surface area contributed by atoms with Crippen molar-refractivity contribution in [3.05, 3.63) is 63.3 Å². The van der Waals surface area contributed by atoms with Gasteiger partial charge in [-0.1, -0.05) is 23.8 Å². The molecule has 3 aliphatic carbocycles. The molecule has 1 fully saturated rings. The van der Waals surface area contributed by atoms with E-state index in [0.717, 1.165) is 11.1 Å². The molecule has 0 saturated carbocycles. The molecule has 6 nitrogen and oxygen atoms in total. The first-order valence-corrected chi connectivity index (χ1v) is 10.5. The number of allylic oxidation sites excluding steroid dienone is 6. The Kier molecular flexibility index (Phi) is 4.19. The normalized spacial score (nSPS) is 29.8. The average molecular weight is 417 g/mol. The summed E-state index contributed by atoms with van der Waals surface area (Å²) in [5.74, 6) is -2.47. The van der Waals surface area contributed by atoms with Crippen molar-refractivity contribution in [1.29, 1.82) is 0 Å². The monoisotopic (exact) mass is 417 g/mol. The lowest BCUT2D eigenvalue weighted by molar-refractivity contribution is -0.126. The van der Waals surface area contributed by atoms with Gasteiger partial charge in [-0.05, 0) is 62.3 Å². The number of carbonyl (C=O) groups excluding carboxylic acids is 4. The summed E-state index contributed by atoms with van der Waals surface area (Å²) in [5, 5.41) is 12.7. The molecule has 0 unspecified atom stereocenters. The number of fused-ring (bicyclic) bond motifs is 3. The maximum atomic E-state index is 13.1. The Bertz CT molecular complexity index is 1180. The summed E-state index contributed by atoms with van der Waals surface area (Å²) < 4.78 is 0. The van der Waals surface area contributed by atoms with E-state index in [-0.39, 0.29) is 41.5 Å². The van der Waals surface area contributed by atoms with Crippen LogP contribution < -0.4 is 5.32 Å².